The van der Waals surface area contributed by atoms with Crippen LogP contribution in [0.4, 0.5) is 0 Å². The molecule has 0 aromatic carbocycles. The van der Waals surface area contributed by atoms with Crippen molar-refractivity contribution in [1.29, 1.82) is 0 Å². The number of thiophene rings is 1. The van der Waals surface area contributed by atoms with Crippen LogP contribution in [0.1, 0.15) is 37.6 Å². The summed E-state index contributed by atoms with van der Waals surface area (Å²) in [5.41, 5.74) is 1.43. The predicted octanol–water partition coefficient (Wildman–Crippen LogP) is 3.79. The number of carbonyl (C=O) groups is 1. The van der Waals surface area contributed by atoms with Crippen LogP contribution in [0, 0.1) is 11.8 Å². The Kier molecular flexibility index (Phi) is 5.61. The highest BCUT2D eigenvalue weighted by molar-refractivity contribution is 7.99. The average Bonchev–Trinajstić information content (AvgIpc) is 3.16. The van der Waals surface area contributed by atoms with E-state index in [9.17, 15) is 4.79 Å². The van der Waals surface area contributed by atoms with Crippen LogP contribution < -0.4 is 5.32 Å². The molecule has 0 radical (unpaired) electrons. The van der Waals surface area contributed by atoms with Gasteiger partial charge < -0.3 is 9.73 Å². The molecule has 3 rings (SSSR count). The van der Waals surface area contributed by atoms with Crippen LogP contribution in [0.15, 0.2) is 15.7 Å². The van der Waals surface area contributed by atoms with E-state index < -0.39 is 0 Å². The minimum Gasteiger partial charge on any atom is -0.410 e. The van der Waals surface area contributed by atoms with E-state index in [2.05, 4.69) is 42.4 Å². The van der Waals surface area contributed by atoms with Gasteiger partial charge in [0, 0.05) is 11.4 Å². The van der Waals surface area contributed by atoms with Gasteiger partial charge in [-0.05, 0) is 42.7 Å². The quantitative estimate of drug-likeness (QED) is 0.789. The third-order valence-corrected chi connectivity index (χ3v) is 6.02. The second-order valence-corrected chi connectivity index (χ2v) is 8.83. The first kappa shape index (κ1) is 17.5. The van der Waals surface area contributed by atoms with Crippen molar-refractivity contribution in [1.82, 2.24) is 15.5 Å². The molecule has 0 spiro atoms. The Labute approximate surface area is 150 Å². The summed E-state index contributed by atoms with van der Waals surface area (Å²) in [5, 5.41) is 11.5. The number of hydrogen-bond donors (Lipinski definition) is 1. The van der Waals surface area contributed by atoms with Crippen LogP contribution in [0.2, 0.25) is 0 Å². The highest BCUT2D eigenvalue weighted by Crippen LogP contribution is 2.37. The number of nitrogens with zero attached hydrogens (tertiary/aromatic N) is 2. The lowest BCUT2D eigenvalue weighted by Gasteiger charge is -2.16. The molecule has 130 valence electrons. The van der Waals surface area contributed by atoms with Crippen LogP contribution in [0.3, 0.4) is 0 Å². The van der Waals surface area contributed by atoms with Crippen molar-refractivity contribution in [3.63, 3.8) is 0 Å². The summed E-state index contributed by atoms with van der Waals surface area (Å²) >= 11 is 3.04. The molecule has 1 amide bonds. The normalized spacial score (nSPS) is 17.1. The van der Waals surface area contributed by atoms with Crippen molar-refractivity contribution >= 4 is 29.0 Å². The minimum atomic E-state index is -0.00553. The Morgan fingerprint density at radius 2 is 2.33 bits per heavy atom. The van der Waals surface area contributed by atoms with Crippen molar-refractivity contribution in [2.45, 2.75) is 45.3 Å². The smallest absolute Gasteiger partial charge is 0.277 e. The van der Waals surface area contributed by atoms with Crippen LogP contribution in [0.25, 0.3) is 10.8 Å². The second-order valence-electron chi connectivity index (χ2n) is 6.77. The highest BCUT2D eigenvalue weighted by atomic mass is 32.2. The minimum absolute atomic E-state index is 0.00553. The van der Waals surface area contributed by atoms with E-state index in [1.54, 1.807) is 11.3 Å². The third-order valence-electron chi connectivity index (χ3n) is 3.98. The van der Waals surface area contributed by atoms with Gasteiger partial charge in [-0.15, -0.1) is 21.5 Å². The number of fused-ring (bicyclic) bond motifs is 1. The molecule has 1 atom stereocenters. The maximum absolute atomic E-state index is 11.7. The lowest BCUT2D eigenvalue weighted by molar-refractivity contribution is -0.118. The van der Waals surface area contributed by atoms with Gasteiger partial charge in [-0.25, -0.2) is 0 Å². The fourth-order valence-electron chi connectivity index (χ4n) is 2.68. The maximum atomic E-state index is 11.7. The molecule has 0 saturated carbocycles. The molecule has 2 aromatic rings. The second kappa shape index (κ2) is 7.70. The summed E-state index contributed by atoms with van der Waals surface area (Å²) < 4.78 is 5.72. The van der Waals surface area contributed by atoms with Crippen LogP contribution in [0.5, 0.6) is 0 Å². The lowest BCUT2D eigenvalue weighted by Crippen LogP contribution is -2.28. The number of aryl methyl sites for hydroxylation is 1. The summed E-state index contributed by atoms with van der Waals surface area (Å²) in [6.07, 6.45) is 3.54. The Morgan fingerprint density at radius 1 is 1.50 bits per heavy atom. The van der Waals surface area contributed by atoms with Crippen molar-refractivity contribution in [3.8, 4) is 10.8 Å². The summed E-state index contributed by atoms with van der Waals surface area (Å²) in [4.78, 5) is 14.2. The Bertz CT molecular complexity index is 709. The molecule has 7 heteroatoms. The van der Waals surface area contributed by atoms with Gasteiger partial charge in [-0.2, -0.15) is 0 Å². The van der Waals surface area contributed by atoms with Crippen molar-refractivity contribution in [2.75, 3.05) is 12.3 Å². The molecule has 0 bridgehead atoms. The summed E-state index contributed by atoms with van der Waals surface area (Å²) in [6, 6.07) is 2.19. The lowest BCUT2D eigenvalue weighted by atomic mass is 9.90. The van der Waals surface area contributed by atoms with Gasteiger partial charge in [0.25, 0.3) is 11.1 Å². The summed E-state index contributed by atoms with van der Waals surface area (Å²) in [6.45, 7) is 7.12. The monoisotopic (exact) mass is 365 g/mol. The van der Waals surface area contributed by atoms with Gasteiger partial charge in [0.05, 0.1) is 10.6 Å². The SMILES string of the molecule is CC(C)CNC(=O)CSc1nnc(-c2cc3c(s2)CC[C@@H](C)C3)o1. The first-order valence-corrected chi connectivity index (χ1v) is 10.2. The first-order chi connectivity index (χ1) is 11.5. The van der Waals surface area contributed by atoms with E-state index in [0.29, 0.717) is 29.3 Å². The van der Waals surface area contributed by atoms with E-state index in [1.165, 1.54) is 28.6 Å². The summed E-state index contributed by atoms with van der Waals surface area (Å²) in [7, 11) is 0. The van der Waals surface area contributed by atoms with Gasteiger partial charge in [0.1, 0.15) is 0 Å². The average molecular weight is 366 g/mol. The zero-order valence-electron chi connectivity index (χ0n) is 14.3. The van der Waals surface area contributed by atoms with Gasteiger partial charge in [0.15, 0.2) is 0 Å². The van der Waals surface area contributed by atoms with Crippen LogP contribution >= 0.6 is 23.1 Å². The van der Waals surface area contributed by atoms with E-state index in [4.69, 9.17) is 4.42 Å². The molecule has 2 aromatic heterocycles. The molecule has 0 saturated heterocycles. The van der Waals surface area contributed by atoms with Crippen LogP contribution in [-0.2, 0) is 17.6 Å². The van der Waals surface area contributed by atoms with E-state index in [1.807, 2.05) is 0 Å². The Balaban J connectivity index is 1.59. The molecular formula is C17H23N3O2S2. The number of aromatic nitrogens is 2. The Hall–Kier alpha value is -1.34. The number of nitrogens with one attached hydrogen (secondary N) is 1. The molecule has 0 unspecified atom stereocenters. The van der Waals surface area contributed by atoms with Crippen molar-refractivity contribution in [2.24, 2.45) is 11.8 Å². The molecule has 2 heterocycles. The Morgan fingerprint density at radius 3 is 3.12 bits per heavy atom. The summed E-state index contributed by atoms with van der Waals surface area (Å²) in [5.74, 6) is 2.05. The van der Waals surface area contributed by atoms with Crippen molar-refractivity contribution in [3.05, 3.63) is 16.5 Å². The number of carbonyl (C=O) groups excluding carboxylic acids is 1. The molecule has 1 aliphatic rings. The van der Waals surface area contributed by atoms with E-state index in [-0.39, 0.29) is 5.91 Å². The number of amides is 1. The van der Waals surface area contributed by atoms with Crippen molar-refractivity contribution < 1.29 is 9.21 Å². The molecular weight excluding hydrogens is 342 g/mol. The molecule has 0 fully saturated rings. The number of thioether (sulfide) groups is 1. The molecule has 0 aliphatic heterocycles. The zero-order chi connectivity index (χ0) is 17.1. The first-order valence-electron chi connectivity index (χ1n) is 8.36. The topological polar surface area (TPSA) is 68.0 Å². The van der Waals surface area contributed by atoms with Gasteiger partial charge in [-0.3, -0.25) is 4.79 Å². The molecule has 1 aliphatic carbocycles. The largest absolute Gasteiger partial charge is 0.410 e. The molecule has 1 N–H and O–H groups in total. The fourth-order valence-corrected chi connectivity index (χ4v) is 4.40. The van der Waals surface area contributed by atoms with Gasteiger partial charge in [0.2, 0.25) is 5.91 Å². The standard InChI is InChI=1S/C17H23N3O2S2/c1-10(2)8-18-15(21)9-23-17-20-19-16(22-17)14-7-12-6-11(3)4-5-13(12)24-14/h7,10-11H,4-6,8-9H2,1-3H3,(H,18,21)/t11-/m1/s1. The maximum Gasteiger partial charge on any atom is 0.277 e. The van der Waals surface area contributed by atoms with E-state index in [0.717, 1.165) is 23.6 Å². The predicted molar refractivity (Wildman–Crippen MR) is 97.4 cm³/mol. The molecule has 24 heavy (non-hydrogen) atoms. The number of rotatable bonds is 6. The van der Waals surface area contributed by atoms with E-state index >= 15 is 0 Å². The zero-order valence-corrected chi connectivity index (χ0v) is 15.9. The fraction of sp³-hybridized carbons (Fsp3) is 0.588. The van der Waals surface area contributed by atoms with Crippen LogP contribution in [-0.4, -0.2) is 28.4 Å². The third kappa shape index (κ3) is 4.39. The molecule has 5 nitrogen and oxygen atoms in total. The number of hydrogen-bond acceptors (Lipinski definition) is 6. The van der Waals surface area contributed by atoms with Gasteiger partial charge in [-0.1, -0.05) is 32.5 Å². The van der Waals surface area contributed by atoms with Gasteiger partial charge >= 0.3 is 0 Å². The highest BCUT2D eigenvalue weighted by Gasteiger charge is 2.21.